The van der Waals surface area contributed by atoms with Crippen LogP contribution in [0.15, 0.2) is 30.3 Å². The standard InChI is InChI=1S/C16H24N2O3/c1-17-9-11-21-15(12-17)13-18(2)16(19)8-10-20-14-6-4-3-5-7-14/h3-7,15H,8-13H2,1-2H3. The zero-order valence-corrected chi connectivity index (χ0v) is 12.8. The Bertz CT molecular complexity index is 438. The molecule has 116 valence electrons. The van der Waals surface area contributed by atoms with Gasteiger partial charge in [-0.1, -0.05) is 18.2 Å². The van der Waals surface area contributed by atoms with Crippen molar-refractivity contribution in [3.63, 3.8) is 0 Å². The minimum absolute atomic E-state index is 0.0859. The molecular weight excluding hydrogens is 268 g/mol. The Kier molecular flexibility index (Phi) is 6.02. The van der Waals surface area contributed by atoms with Crippen molar-refractivity contribution in [1.29, 1.82) is 0 Å². The van der Waals surface area contributed by atoms with Gasteiger partial charge in [0, 0.05) is 26.7 Å². The number of para-hydroxylation sites is 1. The van der Waals surface area contributed by atoms with Crippen LogP contribution in [0.4, 0.5) is 0 Å². The number of carbonyl (C=O) groups excluding carboxylic acids is 1. The molecule has 2 rings (SSSR count). The first-order valence-corrected chi connectivity index (χ1v) is 7.37. The number of hydrogen-bond acceptors (Lipinski definition) is 4. The number of nitrogens with zero attached hydrogens (tertiary/aromatic N) is 2. The molecule has 5 nitrogen and oxygen atoms in total. The van der Waals surface area contributed by atoms with Crippen LogP contribution in [0.5, 0.6) is 5.75 Å². The number of ether oxygens (including phenoxy) is 2. The first-order valence-electron chi connectivity index (χ1n) is 7.37. The Balaban J connectivity index is 1.67. The van der Waals surface area contributed by atoms with Crippen LogP contribution in [0.3, 0.4) is 0 Å². The molecule has 0 aliphatic carbocycles. The lowest BCUT2D eigenvalue weighted by molar-refractivity contribution is -0.133. The van der Waals surface area contributed by atoms with Gasteiger partial charge in [0.05, 0.1) is 25.7 Å². The van der Waals surface area contributed by atoms with Crippen molar-refractivity contribution in [2.75, 3.05) is 46.9 Å². The number of likely N-dealkylation sites (N-methyl/N-ethyl adjacent to an activating group) is 2. The van der Waals surface area contributed by atoms with Gasteiger partial charge >= 0.3 is 0 Å². The highest BCUT2D eigenvalue weighted by molar-refractivity contribution is 5.76. The zero-order chi connectivity index (χ0) is 15.1. The van der Waals surface area contributed by atoms with Crippen LogP contribution in [0, 0.1) is 0 Å². The summed E-state index contributed by atoms with van der Waals surface area (Å²) < 4.78 is 11.2. The van der Waals surface area contributed by atoms with Crippen molar-refractivity contribution in [2.45, 2.75) is 12.5 Å². The van der Waals surface area contributed by atoms with Crippen LogP contribution < -0.4 is 4.74 Å². The summed E-state index contributed by atoms with van der Waals surface area (Å²) in [5.41, 5.74) is 0. The fraction of sp³-hybridized carbons (Fsp3) is 0.562. The van der Waals surface area contributed by atoms with Gasteiger partial charge in [0.15, 0.2) is 0 Å². The number of amides is 1. The van der Waals surface area contributed by atoms with Crippen molar-refractivity contribution in [2.24, 2.45) is 0 Å². The van der Waals surface area contributed by atoms with Crippen molar-refractivity contribution in [1.82, 2.24) is 9.80 Å². The van der Waals surface area contributed by atoms with E-state index in [1.165, 1.54) is 0 Å². The van der Waals surface area contributed by atoms with E-state index in [0.29, 0.717) is 19.6 Å². The largest absolute Gasteiger partial charge is 0.493 e. The molecule has 1 atom stereocenters. The topological polar surface area (TPSA) is 42.0 Å². The second-order valence-electron chi connectivity index (χ2n) is 5.44. The third-order valence-corrected chi connectivity index (χ3v) is 3.57. The van der Waals surface area contributed by atoms with Crippen LogP contribution in [-0.2, 0) is 9.53 Å². The molecule has 5 heteroatoms. The summed E-state index contributed by atoms with van der Waals surface area (Å²) in [5.74, 6) is 0.882. The summed E-state index contributed by atoms with van der Waals surface area (Å²) in [7, 11) is 3.90. The van der Waals surface area contributed by atoms with E-state index in [0.717, 1.165) is 25.4 Å². The van der Waals surface area contributed by atoms with Crippen molar-refractivity contribution in [3.05, 3.63) is 30.3 Å². The Morgan fingerprint density at radius 2 is 2.19 bits per heavy atom. The molecule has 0 radical (unpaired) electrons. The van der Waals surface area contributed by atoms with Crippen LogP contribution in [0.2, 0.25) is 0 Å². The normalized spacial score (nSPS) is 19.2. The molecule has 0 N–H and O–H groups in total. The molecule has 1 aromatic rings. The quantitative estimate of drug-likeness (QED) is 0.791. The molecule has 1 amide bonds. The maximum Gasteiger partial charge on any atom is 0.225 e. The smallest absolute Gasteiger partial charge is 0.225 e. The fourth-order valence-electron chi connectivity index (χ4n) is 2.35. The molecule has 1 unspecified atom stereocenters. The molecule has 21 heavy (non-hydrogen) atoms. The van der Waals surface area contributed by atoms with E-state index in [9.17, 15) is 4.79 Å². The van der Waals surface area contributed by atoms with E-state index in [2.05, 4.69) is 11.9 Å². The summed E-state index contributed by atoms with van der Waals surface area (Å²) in [6.07, 6.45) is 0.487. The van der Waals surface area contributed by atoms with Crippen molar-refractivity contribution in [3.8, 4) is 5.75 Å². The Morgan fingerprint density at radius 1 is 1.43 bits per heavy atom. The Hall–Kier alpha value is -1.59. The number of carbonyl (C=O) groups is 1. The minimum Gasteiger partial charge on any atom is -0.493 e. The van der Waals surface area contributed by atoms with Gasteiger partial charge in [0.1, 0.15) is 5.75 Å². The highest BCUT2D eigenvalue weighted by atomic mass is 16.5. The van der Waals surface area contributed by atoms with E-state index in [1.807, 2.05) is 37.4 Å². The molecule has 1 aromatic carbocycles. The van der Waals surface area contributed by atoms with E-state index in [-0.39, 0.29) is 12.0 Å². The second kappa shape index (κ2) is 8.00. The summed E-state index contributed by atoms with van der Waals surface area (Å²) in [4.78, 5) is 16.0. The van der Waals surface area contributed by atoms with E-state index < -0.39 is 0 Å². The van der Waals surface area contributed by atoms with Gasteiger partial charge in [-0.3, -0.25) is 4.79 Å². The average Bonchev–Trinajstić information content (AvgIpc) is 2.48. The predicted molar refractivity (Wildman–Crippen MR) is 81.4 cm³/mol. The molecule has 1 saturated heterocycles. The summed E-state index contributed by atoms with van der Waals surface area (Å²) in [6, 6.07) is 9.55. The van der Waals surface area contributed by atoms with Gasteiger partial charge in [-0.15, -0.1) is 0 Å². The van der Waals surface area contributed by atoms with Crippen LogP contribution >= 0.6 is 0 Å². The maximum absolute atomic E-state index is 12.1. The van der Waals surface area contributed by atoms with Crippen LogP contribution in [0.1, 0.15) is 6.42 Å². The van der Waals surface area contributed by atoms with Crippen LogP contribution in [0.25, 0.3) is 0 Å². The zero-order valence-electron chi connectivity index (χ0n) is 12.8. The summed E-state index contributed by atoms with van der Waals surface area (Å²) in [6.45, 7) is 3.60. The third kappa shape index (κ3) is 5.36. The maximum atomic E-state index is 12.1. The highest BCUT2D eigenvalue weighted by Gasteiger charge is 2.21. The van der Waals surface area contributed by atoms with Gasteiger partial charge < -0.3 is 19.3 Å². The third-order valence-electron chi connectivity index (χ3n) is 3.57. The lowest BCUT2D eigenvalue weighted by atomic mass is 10.2. The molecule has 1 aliphatic heterocycles. The van der Waals surface area contributed by atoms with E-state index in [4.69, 9.17) is 9.47 Å². The fourth-order valence-corrected chi connectivity index (χ4v) is 2.35. The molecule has 0 aromatic heterocycles. The molecule has 0 spiro atoms. The summed E-state index contributed by atoms with van der Waals surface area (Å²) in [5, 5.41) is 0. The molecular formula is C16H24N2O3. The summed E-state index contributed by atoms with van der Waals surface area (Å²) >= 11 is 0. The molecule has 0 bridgehead atoms. The van der Waals surface area contributed by atoms with Crippen molar-refractivity contribution < 1.29 is 14.3 Å². The first-order chi connectivity index (χ1) is 10.1. The number of hydrogen-bond donors (Lipinski definition) is 0. The highest BCUT2D eigenvalue weighted by Crippen LogP contribution is 2.09. The van der Waals surface area contributed by atoms with Gasteiger partial charge in [-0.25, -0.2) is 0 Å². The number of rotatable bonds is 6. The Labute approximate surface area is 126 Å². The van der Waals surface area contributed by atoms with Gasteiger partial charge in [-0.2, -0.15) is 0 Å². The van der Waals surface area contributed by atoms with Crippen molar-refractivity contribution >= 4 is 5.91 Å². The molecule has 0 saturated carbocycles. The van der Waals surface area contributed by atoms with E-state index >= 15 is 0 Å². The SMILES string of the molecule is CN1CCOC(CN(C)C(=O)CCOc2ccccc2)C1. The number of benzene rings is 1. The second-order valence-corrected chi connectivity index (χ2v) is 5.44. The van der Waals surface area contributed by atoms with E-state index in [1.54, 1.807) is 4.90 Å². The molecule has 1 fully saturated rings. The Morgan fingerprint density at radius 3 is 2.90 bits per heavy atom. The minimum atomic E-state index is 0.0859. The van der Waals surface area contributed by atoms with Gasteiger partial charge in [-0.05, 0) is 19.2 Å². The molecule has 1 heterocycles. The predicted octanol–water partition coefficient (Wildman–Crippen LogP) is 1.24. The first kappa shape index (κ1) is 15.8. The average molecular weight is 292 g/mol. The lowest BCUT2D eigenvalue weighted by Crippen LogP contribution is -2.46. The number of morpholine rings is 1. The molecule has 1 aliphatic rings. The monoisotopic (exact) mass is 292 g/mol. The van der Waals surface area contributed by atoms with Gasteiger partial charge in [0.2, 0.25) is 5.91 Å². The van der Waals surface area contributed by atoms with Gasteiger partial charge in [0.25, 0.3) is 0 Å². The van der Waals surface area contributed by atoms with Crippen LogP contribution in [-0.4, -0.2) is 68.8 Å². The lowest BCUT2D eigenvalue weighted by Gasteiger charge is -2.32.